The summed E-state index contributed by atoms with van der Waals surface area (Å²) in [4.78, 5) is 12.3. The molecule has 0 saturated heterocycles. The Labute approximate surface area is 160 Å². The lowest BCUT2D eigenvalue weighted by Gasteiger charge is -2.23. The fourth-order valence-corrected chi connectivity index (χ4v) is 3.62. The molecule has 1 amide bonds. The van der Waals surface area contributed by atoms with Crippen LogP contribution in [0, 0.1) is 20.8 Å². The number of nitrogens with one attached hydrogen (secondary N) is 1. The zero-order valence-electron chi connectivity index (χ0n) is 15.3. The number of halogens is 1. The molecule has 0 heterocycles. The van der Waals surface area contributed by atoms with Gasteiger partial charge in [0.15, 0.2) is 0 Å². The standard InChI is InChI=1S/C19H23ClN2O3S/c1-13-6-5-7-18(15(13)3)21-19(23)10-11-22(26(4,24)25)16-9-8-14(2)17(20)12-16/h5-9,12H,10-11H2,1-4H3,(H,21,23). The minimum Gasteiger partial charge on any atom is -0.326 e. The van der Waals surface area contributed by atoms with Gasteiger partial charge >= 0.3 is 0 Å². The second-order valence-electron chi connectivity index (χ2n) is 6.31. The Bertz CT molecular complexity index is 926. The molecule has 0 radical (unpaired) electrons. The highest BCUT2D eigenvalue weighted by molar-refractivity contribution is 7.92. The van der Waals surface area contributed by atoms with Crippen LogP contribution in [0.15, 0.2) is 36.4 Å². The van der Waals surface area contributed by atoms with Gasteiger partial charge < -0.3 is 5.32 Å². The Kier molecular flexibility index (Phi) is 6.31. The summed E-state index contributed by atoms with van der Waals surface area (Å²) in [5.74, 6) is -0.245. The third-order valence-electron chi connectivity index (χ3n) is 4.26. The first-order valence-electron chi connectivity index (χ1n) is 8.19. The number of hydrogen-bond acceptors (Lipinski definition) is 3. The molecule has 0 aliphatic rings. The monoisotopic (exact) mass is 394 g/mol. The predicted octanol–water partition coefficient (Wildman–Crippen LogP) is 4.06. The van der Waals surface area contributed by atoms with Crippen LogP contribution in [0.4, 0.5) is 11.4 Å². The summed E-state index contributed by atoms with van der Waals surface area (Å²) in [5.41, 5.74) is 4.11. The van der Waals surface area contributed by atoms with Crippen molar-refractivity contribution in [1.29, 1.82) is 0 Å². The van der Waals surface area contributed by atoms with E-state index in [0.29, 0.717) is 10.7 Å². The highest BCUT2D eigenvalue weighted by Gasteiger charge is 2.19. The molecule has 0 unspecified atom stereocenters. The topological polar surface area (TPSA) is 66.5 Å². The molecule has 0 saturated carbocycles. The normalized spacial score (nSPS) is 11.3. The fourth-order valence-electron chi connectivity index (χ4n) is 2.53. The lowest BCUT2D eigenvalue weighted by Crippen LogP contribution is -2.33. The minimum absolute atomic E-state index is 0.0337. The van der Waals surface area contributed by atoms with E-state index < -0.39 is 10.0 Å². The van der Waals surface area contributed by atoms with Gasteiger partial charge in [0.25, 0.3) is 0 Å². The predicted molar refractivity (Wildman–Crippen MR) is 108 cm³/mol. The molecule has 0 aliphatic carbocycles. The van der Waals surface area contributed by atoms with Gasteiger partial charge in [-0.2, -0.15) is 0 Å². The number of benzene rings is 2. The number of nitrogens with zero attached hydrogens (tertiary/aromatic N) is 1. The summed E-state index contributed by atoms with van der Waals surface area (Å²) in [6.45, 7) is 5.78. The van der Waals surface area contributed by atoms with E-state index in [-0.39, 0.29) is 18.9 Å². The average Bonchev–Trinajstić information content (AvgIpc) is 2.54. The van der Waals surface area contributed by atoms with Crippen LogP contribution < -0.4 is 9.62 Å². The van der Waals surface area contributed by atoms with Crippen LogP contribution in [0.5, 0.6) is 0 Å². The van der Waals surface area contributed by atoms with Crippen molar-refractivity contribution in [3.63, 3.8) is 0 Å². The molecule has 0 aliphatic heterocycles. The smallest absolute Gasteiger partial charge is 0.232 e. The summed E-state index contributed by atoms with van der Waals surface area (Å²) >= 11 is 6.11. The van der Waals surface area contributed by atoms with Gasteiger partial charge in [-0.1, -0.05) is 29.8 Å². The maximum atomic E-state index is 12.3. The second-order valence-corrected chi connectivity index (χ2v) is 8.63. The van der Waals surface area contributed by atoms with E-state index in [1.54, 1.807) is 18.2 Å². The molecule has 26 heavy (non-hydrogen) atoms. The van der Waals surface area contributed by atoms with E-state index in [1.807, 2.05) is 39.0 Å². The highest BCUT2D eigenvalue weighted by atomic mass is 35.5. The fraction of sp³-hybridized carbons (Fsp3) is 0.316. The van der Waals surface area contributed by atoms with Crippen molar-refractivity contribution in [2.75, 3.05) is 22.4 Å². The molecule has 0 atom stereocenters. The average molecular weight is 395 g/mol. The first-order valence-corrected chi connectivity index (χ1v) is 10.4. The van der Waals surface area contributed by atoms with E-state index in [0.717, 1.165) is 28.6 Å². The molecule has 5 nitrogen and oxygen atoms in total. The summed E-state index contributed by atoms with van der Waals surface area (Å²) in [6.07, 6.45) is 1.15. The van der Waals surface area contributed by atoms with Gasteiger partial charge in [-0.25, -0.2) is 8.42 Å². The van der Waals surface area contributed by atoms with Crippen LogP contribution in [-0.2, 0) is 14.8 Å². The third kappa shape index (κ3) is 4.99. The lowest BCUT2D eigenvalue weighted by atomic mass is 10.1. The van der Waals surface area contributed by atoms with Gasteiger partial charge in [-0.15, -0.1) is 0 Å². The summed E-state index contributed by atoms with van der Waals surface area (Å²) in [6, 6.07) is 10.7. The molecule has 2 aromatic rings. The molecule has 2 rings (SSSR count). The van der Waals surface area contributed by atoms with Gasteiger partial charge in [0.2, 0.25) is 15.9 Å². The Morgan fingerprint density at radius 3 is 2.42 bits per heavy atom. The third-order valence-corrected chi connectivity index (χ3v) is 5.87. The van der Waals surface area contributed by atoms with Crippen LogP contribution in [-0.4, -0.2) is 27.1 Å². The Hall–Kier alpha value is -2.05. The molecule has 7 heteroatoms. The van der Waals surface area contributed by atoms with E-state index >= 15 is 0 Å². The zero-order chi connectivity index (χ0) is 19.5. The quantitative estimate of drug-likeness (QED) is 0.803. The van der Waals surface area contributed by atoms with Crippen LogP contribution in [0.25, 0.3) is 0 Å². The van der Waals surface area contributed by atoms with Gasteiger partial charge in [0.05, 0.1) is 11.9 Å². The van der Waals surface area contributed by atoms with Crippen LogP contribution in [0.3, 0.4) is 0 Å². The first kappa shape index (κ1) is 20.3. The van der Waals surface area contributed by atoms with Crippen molar-refractivity contribution in [2.45, 2.75) is 27.2 Å². The van der Waals surface area contributed by atoms with Crippen LogP contribution in [0.2, 0.25) is 5.02 Å². The summed E-state index contributed by atoms with van der Waals surface area (Å²) in [5, 5.41) is 3.33. The lowest BCUT2D eigenvalue weighted by molar-refractivity contribution is -0.116. The Balaban J connectivity index is 2.13. The van der Waals surface area contributed by atoms with Crippen LogP contribution in [0.1, 0.15) is 23.1 Å². The van der Waals surface area contributed by atoms with Crippen molar-refractivity contribution in [3.05, 3.63) is 58.1 Å². The molecule has 0 fully saturated rings. The van der Waals surface area contributed by atoms with Crippen molar-refractivity contribution >= 4 is 38.9 Å². The first-order chi connectivity index (χ1) is 12.1. The molecule has 2 aromatic carbocycles. The van der Waals surface area contributed by atoms with E-state index in [9.17, 15) is 13.2 Å². The number of carbonyl (C=O) groups is 1. The van der Waals surface area contributed by atoms with Gasteiger partial charge in [0, 0.05) is 23.7 Å². The maximum absolute atomic E-state index is 12.3. The minimum atomic E-state index is -3.54. The largest absolute Gasteiger partial charge is 0.326 e. The number of sulfonamides is 1. The van der Waals surface area contributed by atoms with Gasteiger partial charge in [0.1, 0.15) is 0 Å². The number of rotatable bonds is 6. The highest BCUT2D eigenvalue weighted by Crippen LogP contribution is 2.25. The number of aryl methyl sites for hydroxylation is 2. The molecule has 1 N–H and O–H groups in total. The SMILES string of the molecule is Cc1ccc(N(CCC(=O)Nc2cccc(C)c2C)S(C)(=O)=O)cc1Cl. The molecular weight excluding hydrogens is 372 g/mol. The van der Waals surface area contributed by atoms with Crippen molar-refractivity contribution in [3.8, 4) is 0 Å². The van der Waals surface area contributed by atoms with Gasteiger partial charge in [-0.3, -0.25) is 9.10 Å². The Morgan fingerprint density at radius 2 is 1.81 bits per heavy atom. The number of carbonyl (C=O) groups excluding carboxylic acids is 1. The van der Waals surface area contributed by atoms with E-state index in [1.165, 1.54) is 4.31 Å². The zero-order valence-corrected chi connectivity index (χ0v) is 16.9. The summed E-state index contributed by atoms with van der Waals surface area (Å²) < 4.78 is 25.5. The maximum Gasteiger partial charge on any atom is 0.232 e. The summed E-state index contributed by atoms with van der Waals surface area (Å²) in [7, 11) is -3.54. The van der Waals surface area contributed by atoms with Crippen LogP contribution >= 0.6 is 11.6 Å². The molecule has 0 bridgehead atoms. The molecule has 0 aromatic heterocycles. The number of anilines is 2. The van der Waals surface area contributed by atoms with E-state index in [4.69, 9.17) is 11.6 Å². The van der Waals surface area contributed by atoms with Crippen molar-refractivity contribution < 1.29 is 13.2 Å². The van der Waals surface area contributed by atoms with Gasteiger partial charge in [-0.05, 0) is 55.7 Å². The van der Waals surface area contributed by atoms with Crippen molar-refractivity contribution in [2.24, 2.45) is 0 Å². The molecule has 140 valence electrons. The Morgan fingerprint density at radius 1 is 1.12 bits per heavy atom. The number of amides is 1. The molecular formula is C19H23ClN2O3S. The van der Waals surface area contributed by atoms with E-state index in [2.05, 4.69) is 5.32 Å². The molecule has 0 spiro atoms. The number of hydrogen-bond donors (Lipinski definition) is 1. The van der Waals surface area contributed by atoms with Crippen molar-refractivity contribution in [1.82, 2.24) is 0 Å². The second kappa shape index (κ2) is 8.10.